The van der Waals surface area contributed by atoms with Gasteiger partial charge in [0.05, 0.1) is 0 Å². The van der Waals surface area contributed by atoms with Crippen LogP contribution in [0, 0.1) is 6.92 Å². The van der Waals surface area contributed by atoms with Crippen LogP contribution >= 0.6 is 11.3 Å². The van der Waals surface area contributed by atoms with E-state index in [0.29, 0.717) is 22.8 Å². The Morgan fingerprint density at radius 3 is 2.90 bits per heavy atom. The lowest BCUT2D eigenvalue weighted by Gasteiger charge is -2.04. The van der Waals surface area contributed by atoms with E-state index in [1.807, 2.05) is 25.1 Å². The highest BCUT2D eigenvalue weighted by atomic mass is 32.2. The Morgan fingerprint density at radius 1 is 1.29 bits per heavy atom. The van der Waals surface area contributed by atoms with E-state index in [1.54, 1.807) is 12.1 Å². The predicted molar refractivity (Wildman–Crippen MR) is 82.0 cm³/mol. The van der Waals surface area contributed by atoms with Crippen LogP contribution in [0.1, 0.15) is 10.4 Å². The number of nitrogens with one attached hydrogen (secondary N) is 1. The highest BCUT2D eigenvalue weighted by Crippen LogP contribution is 2.20. The summed E-state index contributed by atoms with van der Waals surface area (Å²) in [6, 6.07) is 9.10. The summed E-state index contributed by atoms with van der Waals surface area (Å²) in [4.78, 5) is 5.02. The molecular formula is C14H14N2O3S2. The average molecular weight is 322 g/mol. The predicted octanol–water partition coefficient (Wildman–Crippen LogP) is 2.72. The standard InChI is InChI=1S/C14H14N2O3S2/c1-10-2-5-14(20-10)21(17,18)16-7-6-11-3-4-12-13(8-11)19-9-15-12/h2-5,8-9,16H,6-7H2,1H3. The van der Waals surface area contributed by atoms with Crippen molar-refractivity contribution in [2.24, 2.45) is 0 Å². The van der Waals surface area contributed by atoms with Crippen LogP contribution in [0.3, 0.4) is 0 Å². The minimum absolute atomic E-state index is 0.346. The quantitative estimate of drug-likeness (QED) is 0.784. The summed E-state index contributed by atoms with van der Waals surface area (Å²) in [6.45, 7) is 2.23. The second-order valence-electron chi connectivity index (χ2n) is 4.67. The van der Waals surface area contributed by atoms with Crippen molar-refractivity contribution in [3.05, 3.63) is 47.2 Å². The van der Waals surface area contributed by atoms with Crippen LogP contribution in [0.25, 0.3) is 11.1 Å². The molecule has 110 valence electrons. The maximum absolute atomic E-state index is 12.1. The molecule has 0 aliphatic rings. The highest BCUT2D eigenvalue weighted by molar-refractivity contribution is 7.91. The summed E-state index contributed by atoms with van der Waals surface area (Å²) in [5.74, 6) is 0. The Balaban J connectivity index is 1.65. The maximum atomic E-state index is 12.1. The van der Waals surface area contributed by atoms with E-state index >= 15 is 0 Å². The van der Waals surface area contributed by atoms with E-state index in [9.17, 15) is 8.42 Å². The number of oxazole rings is 1. The molecule has 1 N–H and O–H groups in total. The van der Waals surface area contributed by atoms with Gasteiger partial charge >= 0.3 is 0 Å². The van der Waals surface area contributed by atoms with Gasteiger partial charge in [0, 0.05) is 11.4 Å². The number of benzene rings is 1. The minimum atomic E-state index is -3.41. The van der Waals surface area contributed by atoms with E-state index in [2.05, 4.69) is 9.71 Å². The number of aryl methyl sites for hydroxylation is 1. The van der Waals surface area contributed by atoms with Crippen molar-refractivity contribution in [3.63, 3.8) is 0 Å². The number of sulfonamides is 1. The van der Waals surface area contributed by atoms with Crippen molar-refractivity contribution in [2.45, 2.75) is 17.6 Å². The molecule has 1 aromatic carbocycles. The Hall–Kier alpha value is -1.70. The van der Waals surface area contributed by atoms with Crippen LogP contribution in [-0.4, -0.2) is 19.9 Å². The largest absolute Gasteiger partial charge is 0.443 e. The van der Waals surface area contributed by atoms with Crippen LogP contribution < -0.4 is 4.72 Å². The molecule has 0 unspecified atom stereocenters. The van der Waals surface area contributed by atoms with E-state index in [4.69, 9.17) is 4.42 Å². The van der Waals surface area contributed by atoms with Crippen LogP contribution in [0.4, 0.5) is 0 Å². The Labute approximate surface area is 126 Å². The SMILES string of the molecule is Cc1ccc(S(=O)(=O)NCCc2ccc3ncoc3c2)s1. The van der Waals surface area contributed by atoms with Gasteiger partial charge in [0.15, 0.2) is 12.0 Å². The summed E-state index contributed by atoms with van der Waals surface area (Å²) in [5, 5.41) is 0. The Kier molecular flexibility index (Phi) is 3.79. The molecule has 0 saturated heterocycles. The first-order chi connectivity index (χ1) is 10.0. The van der Waals surface area contributed by atoms with Gasteiger partial charge in [0.1, 0.15) is 9.73 Å². The zero-order valence-electron chi connectivity index (χ0n) is 11.4. The molecule has 3 rings (SSSR count). The topological polar surface area (TPSA) is 72.2 Å². The first-order valence-electron chi connectivity index (χ1n) is 6.43. The minimum Gasteiger partial charge on any atom is -0.443 e. The molecule has 0 spiro atoms. The van der Waals surface area contributed by atoms with Gasteiger partial charge in [-0.2, -0.15) is 0 Å². The van der Waals surface area contributed by atoms with Gasteiger partial charge in [-0.1, -0.05) is 6.07 Å². The van der Waals surface area contributed by atoms with Crippen molar-refractivity contribution in [1.29, 1.82) is 0 Å². The number of hydrogen-bond donors (Lipinski definition) is 1. The lowest BCUT2D eigenvalue weighted by molar-refractivity contribution is 0.583. The fourth-order valence-corrected chi connectivity index (χ4v) is 4.37. The van der Waals surface area contributed by atoms with E-state index in [1.165, 1.54) is 17.7 Å². The van der Waals surface area contributed by atoms with E-state index in [0.717, 1.165) is 16.0 Å². The van der Waals surface area contributed by atoms with Gasteiger partial charge in [0.25, 0.3) is 0 Å². The molecular weight excluding hydrogens is 308 g/mol. The monoisotopic (exact) mass is 322 g/mol. The van der Waals surface area contributed by atoms with Crippen LogP contribution in [-0.2, 0) is 16.4 Å². The van der Waals surface area contributed by atoms with Crippen molar-refractivity contribution >= 4 is 32.5 Å². The summed E-state index contributed by atoms with van der Waals surface area (Å²) in [6.07, 6.45) is 2.00. The normalized spacial score (nSPS) is 12.0. The van der Waals surface area contributed by atoms with E-state index < -0.39 is 10.0 Å². The van der Waals surface area contributed by atoms with Crippen LogP contribution in [0.15, 0.2) is 45.4 Å². The smallest absolute Gasteiger partial charge is 0.250 e. The molecule has 0 bridgehead atoms. The fourth-order valence-electron chi connectivity index (χ4n) is 2.01. The number of nitrogens with zero attached hydrogens (tertiary/aromatic N) is 1. The molecule has 2 aromatic heterocycles. The maximum Gasteiger partial charge on any atom is 0.250 e. The van der Waals surface area contributed by atoms with Crippen molar-refractivity contribution in [1.82, 2.24) is 9.71 Å². The number of aromatic nitrogens is 1. The number of fused-ring (bicyclic) bond motifs is 1. The lowest BCUT2D eigenvalue weighted by atomic mass is 10.1. The molecule has 2 heterocycles. The van der Waals surface area contributed by atoms with Crippen LogP contribution in [0.2, 0.25) is 0 Å². The molecule has 5 nitrogen and oxygen atoms in total. The molecule has 0 aliphatic carbocycles. The summed E-state index contributed by atoms with van der Waals surface area (Å²) in [5.41, 5.74) is 2.52. The van der Waals surface area contributed by atoms with Gasteiger partial charge in [-0.25, -0.2) is 18.1 Å². The molecule has 0 amide bonds. The van der Waals surface area contributed by atoms with Crippen molar-refractivity contribution in [3.8, 4) is 0 Å². The number of thiophene rings is 1. The third-order valence-corrected chi connectivity index (χ3v) is 6.04. The van der Waals surface area contributed by atoms with Crippen molar-refractivity contribution < 1.29 is 12.8 Å². The zero-order valence-corrected chi connectivity index (χ0v) is 13.0. The third-order valence-electron chi connectivity index (χ3n) is 3.08. The van der Waals surface area contributed by atoms with Gasteiger partial charge in [-0.05, 0) is 43.2 Å². The molecule has 0 atom stereocenters. The molecule has 0 aliphatic heterocycles. The second kappa shape index (κ2) is 5.59. The second-order valence-corrected chi connectivity index (χ2v) is 7.95. The first kappa shape index (κ1) is 14.2. The zero-order chi connectivity index (χ0) is 14.9. The van der Waals surface area contributed by atoms with Gasteiger partial charge in [-0.15, -0.1) is 11.3 Å². The van der Waals surface area contributed by atoms with Crippen molar-refractivity contribution in [2.75, 3.05) is 6.54 Å². The molecule has 0 radical (unpaired) electrons. The van der Waals surface area contributed by atoms with E-state index in [-0.39, 0.29) is 0 Å². The molecule has 0 saturated carbocycles. The molecule has 0 fully saturated rings. The lowest BCUT2D eigenvalue weighted by Crippen LogP contribution is -2.25. The number of hydrogen-bond acceptors (Lipinski definition) is 5. The number of rotatable bonds is 5. The third kappa shape index (κ3) is 3.15. The summed E-state index contributed by atoms with van der Waals surface area (Å²) < 4.78 is 32.4. The van der Waals surface area contributed by atoms with Gasteiger partial charge in [0.2, 0.25) is 10.0 Å². The first-order valence-corrected chi connectivity index (χ1v) is 8.73. The fraction of sp³-hybridized carbons (Fsp3) is 0.214. The Morgan fingerprint density at radius 2 is 2.14 bits per heavy atom. The molecule has 7 heteroatoms. The molecule has 21 heavy (non-hydrogen) atoms. The summed E-state index contributed by atoms with van der Waals surface area (Å²) >= 11 is 1.27. The molecule has 3 aromatic rings. The highest BCUT2D eigenvalue weighted by Gasteiger charge is 2.15. The summed E-state index contributed by atoms with van der Waals surface area (Å²) in [7, 11) is -3.41. The van der Waals surface area contributed by atoms with Gasteiger partial charge in [-0.3, -0.25) is 0 Å². The van der Waals surface area contributed by atoms with Crippen LogP contribution in [0.5, 0.6) is 0 Å². The average Bonchev–Trinajstić information content (AvgIpc) is 3.06. The van der Waals surface area contributed by atoms with Gasteiger partial charge < -0.3 is 4.42 Å². The Bertz CT molecular complexity index is 865.